The molecule has 2 aromatic carbocycles. The smallest absolute Gasteiger partial charge is 0.350 e. The summed E-state index contributed by atoms with van der Waals surface area (Å²) in [5.74, 6) is 0.0440. The normalized spacial score (nSPS) is 10.7. The number of halogens is 1. The maximum absolute atomic E-state index is 12.6. The third kappa shape index (κ3) is 5.62. The Kier molecular flexibility index (Phi) is 7.43. The predicted molar refractivity (Wildman–Crippen MR) is 131 cm³/mol. The molecule has 2 heterocycles. The van der Waals surface area contributed by atoms with Gasteiger partial charge in [0.1, 0.15) is 4.88 Å². The van der Waals surface area contributed by atoms with E-state index in [1.807, 2.05) is 47.0 Å². The molecule has 0 bridgehead atoms. The first-order chi connectivity index (χ1) is 16.0. The molecule has 0 radical (unpaired) electrons. The van der Waals surface area contributed by atoms with E-state index in [4.69, 9.17) is 16.3 Å². The van der Waals surface area contributed by atoms with Crippen LogP contribution in [0.25, 0.3) is 11.4 Å². The van der Waals surface area contributed by atoms with Crippen LogP contribution in [0.5, 0.6) is 0 Å². The molecule has 1 amide bonds. The molecule has 7 nitrogen and oxygen atoms in total. The Labute approximate surface area is 203 Å². The zero-order chi connectivity index (χ0) is 23.2. The first-order valence-electron chi connectivity index (χ1n) is 9.86. The fourth-order valence-electron chi connectivity index (χ4n) is 3.09. The van der Waals surface area contributed by atoms with Crippen LogP contribution in [-0.2, 0) is 16.1 Å². The number of nitrogens with one attached hydrogen (secondary N) is 1. The third-order valence-electron chi connectivity index (χ3n) is 4.65. The summed E-state index contributed by atoms with van der Waals surface area (Å²) < 4.78 is 6.73. The molecular formula is C23H19ClN4O3S2. The van der Waals surface area contributed by atoms with Crippen molar-refractivity contribution in [2.75, 3.05) is 18.2 Å². The highest BCUT2D eigenvalue weighted by Crippen LogP contribution is 2.27. The number of hydrogen-bond donors (Lipinski definition) is 1. The fraction of sp³-hybridized carbons (Fsp3) is 0.130. The summed E-state index contributed by atoms with van der Waals surface area (Å²) in [5, 5.41) is 14.4. The van der Waals surface area contributed by atoms with Gasteiger partial charge in [-0.05, 0) is 41.3 Å². The van der Waals surface area contributed by atoms with Gasteiger partial charge in [-0.2, -0.15) is 0 Å². The molecule has 0 aliphatic heterocycles. The standard InChI is InChI=1S/C23H19ClN4O3S2/c1-31-22(30)20-18(11-12-32-20)25-19(29)14-33-23-27-26-21(16-7-9-17(24)10-8-16)28(23)13-15-5-3-2-4-6-15/h2-12H,13-14H2,1H3,(H,25,29). The molecule has 168 valence electrons. The number of aromatic nitrogens is 3. The summed E-state index contributed by atoms with van der Waals surface area (Å²) in [4.78, 5) is 24.8. The van der Waals surface area contributed by atoms with Crippen molar-refractivity contribution >= 4 is 52.3 Å². The van der Waals surface area contributed by atoms with Crippen LogP contribution in [-0.4, -0.2) is 39.5 Å². The lowest BCUT2D eigenvalue weighted by atomic mass is 10.2. The summed E-state index contributed by atoms with van der Waals surface area (Å²) in [6, 6.07) is 19.0. The van der Waals surface area contributed by atoms with Crippen LogP contribution in [0, 0.1) is 0 Å². The number of hydrogen-bond acceptors (Lipinski definition) is 7. The van der Waals surface area contributed by atoms with E-state index in [-0.39, 0.29) is 11.7 Å². The van der Waals surface area contributed by atoms with Crippen LogP contribution in [0.4, 0.5) is 5.69 Å². The van der Waals surface area contributed by atoms with Crippen molar-refractivity contribution in [1.82, 2.24) is 14.8 Å². The van der Waals surface area contributed by atoms with E-state index in [2.05, 4.69) is 15.5 Å². The monoisotopic (exact) mass is 498 g/mol. The van der Waals surface area contributed by atoms with Crippen LogP contribution in [0.1, 0.15) is 15.2 Å². The summed E-state index contributed by atoms with van der Waals surface area (Å²) in [6.07, 6.45) is 0. The van der Waals surface area contributed by atoms with Crippen molar-refractivity contribution in [3.05, 3.63) is 81.5 Å². The van der Waals surface area contributed by atoms with Gasteiger partial charge in [-0.1, -0.05) is 53.7 Å². The van der Waals surface area contributed by atoms with Gasteiger partial charge < -0.3 is 10.1 Å². The lowest BCUT2D eigenvalue weighted by Crippen LogP contribution is -2.16. The van der Waals surface area contributed by atoms with E-state index in [1.54, 1.807) is 23.6 Å². The summed E-state index contributed by atoms with van der Waals surface area (Å²) in [6.45, 7) is 0.548. The molecule has 4 rings (SSSR count). The fourth-order valence-corrected chi connectivity index (χ4v) is 4.72. The van der Waals surface area contributed by atoms with Gasteiger partial charge in [0.25, 0.3) is 0 Å². The molecule has 2 aromatic heterocycles. The van der Waals surface area contributed by atoms with Gasteiger partial charge >= 0.3 is 5.97 Å². The molecule has 4 aromatic rings. The summed E-state index contributed by atoms with van der Waals surface area (Å²) in [5.41, 5.74) is 2.39. The number of thioether (sulfide) groups is 1. The number of rotatable bonds is 8. The number of anilines is 1. The zero-order valence-corrected chi connectivity index (χ0v) is 19.9. The molecule has 10 heteroatoms. The Bertz CT molecular complexity index is 1260. The third-order valence-corrected chi connectivity index (χ3v) is 6.76. The topological polar surface area (TPSA) is 86.1 Å². The molecule has 33 heavy (non-hydrogen) atoms. The Morgan fingerprint density at radius 3 is 2.58 bits per heavy atom. The van der Waals surface area contributed by atoms with E-state index in [0.717, 1.165) is 11.1 Å². The molecule has 0 saturated heterocycles. The second-order valence-electron chi connectivity index (χ2n) is 6.88. The van der Waals surface area contributed by atoms with Gasteiger partial charge in [0.2, 0.25) is 5.91 Å². The highest BCUT2D eigenvalue weighted by molar-refractivity contribution is 7.99. The Balaban J connectivity index is 1.53. The number of ether oxygens (including phenoxy) is 1. The minimum atomic E-state index is -0.483. The second kappa shape index (κ2) is 10.7. The summed E-state index contributed by atoms with van der Waals surface area (Å²) in [7, 11) is 1.31. The van der Waals surface area contributed by atoms with Crippen molar-refractivity contribution < 1.29 is 14.3 Å². The van der Waals surface area contributed by atoms with Gasteiger partial charge in [-0.3, -0.25) is 9.36 Å². The van der Waals surface area contributed by atoms with Crippen LogP contribution in [0.3, 0.4) is 0 Å². The lowest BCUT2D eigenvalue weighted by Gasteiger charge is -2.11. The molecule has 0 aliphatic carbocycles. The number of esters is 1. The molecule has 0 saturated carbocycles. The van der Waals surface area contributed by atoms with Crippen LogP contribution in [0.2, 0.25) is 5.02 Å². The van der Waals surface area contributed by atoms with E-state index in [1.165, 1.54) is 30.2 Å². The first kappa shape index (κ1) is 23.0. The lowest BCUT2D eigenvalue weighted by molar-refractivity contribution is -0.113. The number of benzene rings is 2. The maximum atomic E-state index is 12.6. The Morgan fingerprint density at radius 2 is 1.85 bits per heavy atom. The van der Waals surface area contributed by atoms with Crippen LogP contribution in [0.15, 0.2) is 71.2 Å². The zero-order valence-electron chi connectivity index (χ0n) is 17.5. The number of methoxy groups -OCH3 is 1. The molecule has 0 unspecified atom stereocenters. The molecule has 0 atom stereocenters. The van der Waals surface area contributed by atoms with Crippen molar-refractivity contribution in [2.45, 2.75) is 11.7 Å². The molecule has 1 N–H and O–H groups in total. The first-order valence-corrected chi connectivity index (χ1v) is 12.1. The Hall–Kier alpha value is -3.14. The highest BCUT2D eigenvalue weighted by Gasteiger charge is 2.18. The van der Waals surface area contributed by atoms with Gasteiger partial charge in [-0.25, -0.2) is 4.79 Å². The maximum Gasteiger partial charge on any atom is 0.350 e. The molecular weight excluding hydrogens is 480 g/mol. The van der Waals surface area contributed by atoms with Crippen LogP contribution >= 0.6 is 34.7 Å². The average molecular weight is 499 g/mol. The van der Waals surface area contributed by atoms with Crippen molar-refractivity contribution in [3.63, 3.8) is 0 Å². The summed E-state index contributed by atoms with van der Waals surface area (Å²) >= 11 is 8.52. The molecule has 0 spiro atoms. The van der Waals surface area contributed by atoms with Gasteiger partial charge in [-0.15, -0.1) is 21.5 Å². The number of amides is 1. The predicted octanol–water partition coefficient (Wildman–Crippen LogP) is 5.23. The quantitative estimate of drug-likeness (QED) is 0.264. The van der Waals surface area contributed by atoms with E-state index in [9.17, 15) is 9.59 Å². The molecule has 0 fully saturated rings. The number of carbonyl (C=O) groups is 2. The van der Waals surface area contributed by atoms with Gasteiger partial charge in [0, 0.05) is 10.6 Å². The minimum absolute atomic E-state index is 0.101. The Morgan fingerprint density at radius 1 is 1.09 bits per heavy atom. The highest BCUT2D eigenvalue weighted by atomic mass is 35.5. The SMILES string of the molecule is COC(=O)c1sccc1NC(=O)CSc1nnc(-c2ccc(Cl)cc2)n1Cc1ccccc1. The van der Waals surface area contributed by atoms with Crippen molar-refractivity contribution in [1.29, 1.82) is 0 Å². The van der Waals surface area contributed by atoms with E-state index < -0.39 is 5.97 Å². The van der Waals surface area contributed by atoms with Crippen molar-refractivity contribution in [2.24, 2.45) is 0 Å². The minimum Gasteiger partial charge on any atom is -0.465 e. The molecule has 0 aliphatic rings. The van der Waals surface area contributed by atoms with Crippen molar-refractivity contribution in [3.8, 4) is 11.4 Å². The number of nitrogens with zero attached hydrogens (tertiary/aromatic N) is 3. The second-order valence-corrected chi connectivity index (χ2v) is 9.17. The number of thiophene rings is 1. The van der Waals surface area contributed by atoms with E-state index in [0.29, 0.717) is 33.1 Å². The van der Waals surface area contributed by atoms with Gasteiger partial charge in [0.15, 0.2) is 11.0 Å². The van der Waals surface area contributed by atoms with Crippen LogP contribution < -0.4 is 5.32 Å². The van der Waals surface area contributed by atoms with E-state index >= 15 is 0 Å². The van der Waals surface area contributed by atoms with Gasteiger partial charge in [0.05, 0.1) is 25.1 Å². The number of carbonyl (C=O) groups excluding carboxylic acids is 2. The largest absolute Gasteiger partial charge is 0.465 e. The average Bonchev–Trinajstić information content (AvgIpc) is 3.45.